The number of benzene rings is 2. The molecular formula is C23H27ClN4O2S2. The number of sulfone groups is 1. The van der Waals surface area contributed by atoms with Gasteiger partial charge in [-0.15, -0.1) is 5.10 Å². The number of aryl methyl sites for hydroxylation is 2. The molecular weight excluding hydrogens is 464 g/mol. The summed E-state index contributed by atoms with van der Waals surface area (Å²) in [7, 11) is -2.98. The first-order chi connectivity index (χ1) is 15.2. The quantitative estimate of drug-likeness (QED) is 0.464. The van der Waals surface area contributed by atoms with E-state index in [0.717, 1.165) is 22.4 Å². The van der Waals surface area contributed by atoms with Crippen molar-refractivity contribution in [3.8, 4) is 17.1 Å². The maximum absolute atomic E-state index is 12.0. The van der Waals surface area contributed by atoms with Crippen LogP contribution in [-0.2, 0) is 16.5 Å². The summed E-state index contributed by atoms with van der Waals surface area (Å²) in [6.07, 6.45) is 0.637. The fourth-order valence-corrected chi connectivity index (χ4v) is 6.47. The first-order valence-corrected chi connectivity index (χ1v) is 13.3. The Bertz CT molecular complexity index is 1310. The molecule has 0 N–H and O–H groups in total. The molecule has 9 heteroatoms. The largest absolute Gasteiger partial charge is 0.281 e. The van der Waals surface area contributed by atoms with Crippen LogP contribution in [0.1, 0.15) is 24.5 Å². The van der Waals surface area contributed by atoms with E-state index in [2.05, 4.69) is 23.1 Å². The molecule has 1 aromatic heterocycles. The second-order valence-electron chi connectivity index (χ2n) is 8.31. The van der Waals surface area contributed by atoms with Crippen molar-refractivity contribution in [1.82, 2.24) is 19.2 Å². The Labute approximate surface area is 199 Å². The Morgan fingerprint density at radius 2 is 1.97 bits per heavy atom. The monoisotopic (exact) mass is 490 g/mol. The van der Waals surface area contributed by atoms with Crippen molar-refractivity contribution in [2.75, 3.05) is 18.1 Å². The molecule has 170 valence electrons. The topological polar surface area (TPSA) is 60.1 Å². The first-order valence-electron chi connectivity index (χ1n) is 10.7. The molecule has 1 aliphatic rings. The van der Waals surface area contributed by atoms with E-state index in [1.165, 1.54) is 0 Å². The van der Waals surface area contributed by atoms with Gasteiger partial charge in [0.2, 0.25) is 4.77 Å². The van der Waals surface area contributed by atoms with Gasteiger partial charge in [0.15, 0.2) is 15.7 Å². The molecule has 2 heterocycles. The smallest absolute Gasteiger partial charge is 0.204 e. The van der Waals surface area contributed by atoms with E-state index < -0.39 is 9.84 Å². The van der Waals surface area contributed by atoms with Crippen LogP contribution in [0.4, 0.5) is 0 Å². The molecule has 0 aliphatic carbocycles. The van der Waals surface area contributed by atoms with Crippen LogP contribution in [0.15, 0.2) is 42.5 Å². The van der Waals surface area contributed by atoms with E-state index in [4.69, 9.17) is 28.9 Å². The van der Waals surface area contributed by atoms with Crippen molar-refractivity contribution in [3.63, 3.8) is 0 Å². The summed E-state index contributed by atoms with van der Waals surface area (Å²) in [6.45, 7) is 7.26. The fraction of sp³-hybridized carbons (Fsp3) is 0.391. The Morgan fingerprint density at radius 1 is 1.22 bits per heavy atom. The van der Waals surface area contributed by atoms with E-state index in [1.807, 2.05) is 49.6 Å². The Kier molecular flexibility index (Phi) is 6.58. The van der Waals surface area contributed by atoms with Crippen LogP contribution in [0.25, 0.3) is 17.1 Å². The molecule has 1 saturated heterocycles. The Hall–Kier alpha value is -2.00. The van der Waals surface area contributed by atoms with Gasteiger partial charge in [-0.05, 0) is 68.4 Å². The summed E-state index contributed by atoms with van der Waals surface area (Å²) >= 11 is 12.4. The van der Waals surface area contributed by atoms with E-state index >= 15 is 0 Å². The number of aromatic nitrogens is 3. The van der Waals surface area contributed by atoms with E-state index in [0.29, 0.717) is 35.3 Å². The minimum absolute atomic E-state index is 0.0264. The molecule has 32 heavy (non-hydrogen) atoms. The lowest BCUT2D eigenvalue weighted by Gasteiger charge is -2.26. The molecule has 1 aliphatic heterocycles. The summed E-state index contributed by atoms with van der Waals surface area (Å²) in [5, 5.41) is 5.48. The second kappa shape index (κ2) is 9.09. The standard InChI is InChI=1S/C23H27ClN4O2S2/c1-4-26(18-11-12-32(29,30)14-18)15-27-23(31)28(21-13-16(2)9-10-17(21)3)22(25-27)19-7-5-6-8-20(19)24/h5-10,13,18H,4,11-12,14-15H2,1-3H3/t18-/m0/s1. The molecule has 0 bridgehead atoms. The number of halogens is 1. The van der Waals surface area contributed by atoms with Crippen molar-refractivity contribution < 1.29 is 8.42 Å². The lowest BCUT2D eigenvalue weighted by atomic mass is 10.1. The summed E-state index contributed by atoms with van der Waals surface area (Å²) < 4.78 is 28.4. The highest BCUT2D eigenvalue weighted by Crippen LogP contribution is 2.30. The molecule has 0 unspecified atom stereocenters. The zero-order valence-electron chi connectivity index (χ0n) is 18.5. The molecule has 0 saturated carbocycles. The van der Waals surface area contributed by atoms with Crippen LogP contribution < -0.4 is 0 Å². The van der Waals surface area contributed by atoms with Crippen molar-refractivity contribution in [2.45, 2.75) is 39.9 Å². The summed E-state index contributed by atoms with van der Waals surface area (Å²) in [6, 6.07) is 13.8. The third-order valence-corrected chi connectivity index (χ3v) is 8.48. The van der Waals surface area contributed by atoms with Gasteiger partial charge < -0.3 is 0 Å². The molecule has 1 fully saturated rings. The van der Waals surface area contributed by atoms with Gasteiger partial charge in [0, 0.05) is 11.6 Å². The van der Waals surface area contributed by atoms with Gasteiger partial charge in [-0.3, -0.25) is 9.47 Å². The SMILES string of the molecule is CCN(Cn1nc(-c2ccccc2Cl)n(-c2cc(C)ccc2C)c1=S)[C@H]1CCS(=O)(=O)C1. The second-order valence-corrected chi connectivity index (χ2v) is 11.3. The summed E-state index contributed by atoms with van der Waals surface area (Å²) in [5.74, 6) is 1.09. The van der Waals surface area contributed by atoms with Gasteiger partial charge >= 0.3 is 0 Å². The van der Waals surface area contributed by atoms with Gasteiger partial charge in [-0.25, -0.2) is 13.1 Å². The fourth-order valence-electron chi connectivity index (χ4n) is 4.20. The predicted octanol–water partition coefficient (Wildman–Crippen LogP) is 4.81. The van der Waals surface area contributed by atoms with Gasteiger partial charge in [0.05, 0.1) is 28.9 Å². The molecule has 1 atom stereocenters. The molecule has 0 spiro atoms. The molecule has 0 amide bonds. The highest BCUT2D eigenvalue weighted by atomic mass is 35.5. The third kappa shape index (κ3) is 4.55. The highest BCUT2D eigenvalue weighted by Gasteiger charge is 2.32. The van der Waals surface area contributed by atoms with Crippen LogP contribution >= 0.6 is 23.8 Å². The zero-order chi connectivity index (χ0) is 23.0. The number of hydrogen-bond acceptors (Lipinski definition) is 5. The van der Waals surface area contributed by atoms with Crippen LogP contribution in [0.5, 0.6) is 0 Å². The van der Waals surface area contributed by atoms with Crippen molar-refractivity contribution in [1.29, 1.82) is 0 Å². The minimum Gasteiger partial charge on any atom is -0.281 e. The number of nitrogens with zero attached hydrogens (tertiary/aromatic N) is 4. The predicted molar refractivity (Wildman–Crippen MR) is 132 cm³/mol. The third-order valence-electron chi connectivity index (χ3n) is 6.01. The van der Waals surface area contributed by atoms with Crippen LogP contribution in [0, 0.1) is 18.6 Å². The van der Waals surface area contributed by atoms with Crippen LogP contribution in [-0.4, -0.2) is 51.8 Å². The van der Waals surface area contributed by atoms with Crippen LogP contribution in [0.3, 0.4) is 0 Å². The minimum atomic E-state index is -2.98. The summed E-state index contributed by atoms with van der Waals surface area (Å²) in [4.78, 5) is 2.14. The van der Waals surface area contributed by atoms with Crippen molar-refractivity contribution >= 4 is 33.7 Å². The maximum atomic E-state index is 12.0. The normalized spacial score (nSPS) is 17.8. The van der Waals surface area contributed by atoms with E-state index in [-0.39, 0.29) is 17.5 Å². The number of rotatable bonds is 6. The first kappa shape index (κ1) is 23.2. The summed E-state index contributed by atoms with van der Waals surface area (Å²) in [5.41, 5.74) is 3.96. The van der Waals surface area contributed by atoms with E-state index in [1.54, 1.807) is 4.68 Å². The molecule has 0 radical (unpaired) electrons. The highest BCUT2D eigenvalue weighted by molar-refractivity contribution is 7.91. The average Bonchev–Trinajstić information content (AvgIpc) is 3.27. The average molecular weight is 491 g/mol. The Balaban J connectivity index is 1.84. The zero-order valence-corrected chi connectivity index (χ0v) is 20.8. The van der Waals surface area contributed by atoms with Crippen LogP contribution in [0.2, 0.25) is 5.02 Å². The maximum Gasteiger partial charge on any atom is 0.204 e. The molecule has 6 nitrogen and oxygen atoms in total. The van der Waals surface area contributed by atoms with Crippen molar-refractivity contribution in [2.24, 2.45) is 0 Å². The van der Waals surface area contributed by atoms with Crippen molar-refractivity contribution in [3.05, 3.63) is 63.4 Å². The lowest BCUT2D eigenvalue weighted by Crippen LogP contribution is -2.37. The molecule has 3 aromatic rings. The van der Waals surface area contributed by atoms with Gasteiger partial charge in [-0.1, -0.05) is 42.8 Å². The van der Waals surface area contributed by atoms with Gasteiger partial charge in [0.25, 0.3) is 0 Å². The van der Waals surface area contributed by atoms with Gasteiger partial charge in [-0.2, -0.15) is 0 Å². The van der Waals surface area contributed by atoms with Gasteiger partial charge in [0.1, 0.15) is 0 Å². The molecule has 2 aromatic carbocycles. The lowest BCUT2D eigenvalue weighted by molar-refractivity contribution is 0.164. The Morgan fingerprint density at radius 3 is 2.62 bits per heavy atom. The van der Waals surface area contributed by atoms with E-state index in [9.17, 15) is 8.42 Å². The molecule has 4 rings (SSSR count). The number of hydrogen-bond donors (Lipinski definition) is 0.